The third-order valence-electron chi connectivity index (χ3n) is 3.50. The van der Waals surface area contributed by atoms with Crippen LogP contribution in [-0.2, 0) is 0 Å². The molecule has 0 amide bonds. The first-order chi connectivity index (χ1) is 8.31. The van der Waals surface area contributed by atoms with Gasteiger partial charge >= 0.3 is 0 Å². The van der Waals surface area contributed by atoms with E-state index in [4.69, 9.17) is 5.26 Å². The van der Waals surface area contributed by atoms with Gasteiger partial charge in [0, 0.05) is 12.6 Å². The van der Waals surface area contributed by atoms with Crippen LogP contribution in [0.25, 0.3) is 0 Å². The minimum Gasteiger partial charge on any atom is -0.382 e. The van der Waals surface area contributed by atoms with Crippen LogP contribution in [0.15, 0.2) is 24.3 Å². The van der Waals surface area contributed by atoms with Crippen molar-refractivity contribution in [2.75, 3.05) is 25.5 Å². The average molecular weight is 229 g/mol. The van der Waals surface area contributed by atoms with E-state index in [2.05, 4.69) is 23.3 Å². The highest BCUT2D eigenvalue weighted by molar-refractivity contribution is 5.57. The molecule has 1 heterocycles. The molecule has 1 N–H and O–H groups in total. The fourth-order valence-corrected chi connectivity index (χ4v) is 2.36. The molecule has 0 radical (unpaired) electrons. The second kappa shape index (κ2) is 5.70. The summed E-state index contributed by atoms with van der Waals surface area (Å²) in [6.45, 7) is 2.11. The van der Waals surface area contributed by atoms with Crippen LogP contribution in [0.4, 0.5) is 5.69 Å². The molecular weight excluding hydrogens is 210 g/mol. The Bertz CT molecular complexity index is 408. The van der Waals surface area contributed by atoms with Gasteiger partial charge in [-0.15, -0.1) is 0 Å². The van der Waals surface area contributed by atoms with E-state index < -0.39 is 0 Å². The van der Waals surface area contributed by atoms with Gasteiger partial charge in [-0.05, 0) is 38.6 Å². The first-order valence-corrected chi connectivity index (χ1v) is 6.24. The van der Waals surface area contributed by atoms with Crippen molar-refractivity contribution in [3.8, 4) is 6.07 Å². The number of anilines is 1. The largest absolute Gasteiger partial charge is 0.382 e. The van der Waals surface area contributed by atoms with Gasteiger partial charge < -0.3 is 10.2 Å². The van der Waals surface area contributed by atoms with Crippen molar-refractivity contribution in [1.82, 2.24) is 4.90 Å². The predicted octanol–water partition coefficient (Wildman–Crippen LogP) is 2.45. The number of benzene rings is 1. The lowest BCUT2D eigenvalue weighted by Crippen LogP contribution is -2.40. The molecule has 0 bridgehead atoms. The highest BCUT2D eigenvalue weighted by atomic mass is 15.2. The molecule has 2 rings (SSSR count). The summed E-state index contributed by atoms with van der Waals surface area (Å²) in [7, 11) is 2.18. The maximum absolute atomic E-state index is 9.01. The van der Waals surface area contributed by atoms with Crippen LogP contribution in [0.2, 0.25) is 0 Å². The van der Waals surface area contributed by atoms with Crippen molar-refractivity contribution in [2.24, 2.45) is 0 Å². The summed E-state index contributed by atoms with van der Waals surface area (Å²) >= 11 is 0. The molecule has 1 unspecified atom stereocenters. The summed E-state index contributed by atoms with van der Waals surface area (Å²) < 4.78 is 0. The normalized spacial score (nSPS) is 20.8. The van der Waals surface area contributed by atoms with E-state index in [1.54, 1.807) is 0 Å². The zero-order chi connectivity index (χ0) is 12.1. The van der Waals surface area contributed by atoms with Gasteiger partial charge in [-0.25, -0.2) is 0 Å². The maximum Gasteiger partial charge on any atom is 0.101 e. The Morgan fingerprint density at radius 1 is 1.41 bits per heavy atom. The van der Waals surface area contributed by atoms with Crippen LogP contribution < -0.4 is 5.32 Å². The molecule has 1 saturated heterocycles. The second-order valence-electron chi connectivity index (χ2n) is 4.67. The predicted molar refractivity (Wildman–Crippen MR) is 69.9 cm³/mol. The van der Waals surface area contributed by atoms with Crippen LogP contribution in [-0.4, -0.2) is 31.1 Å². The van der Waals surface area contributed by atoms with Gasteiger partial charge in [0.2, 0.25) is 0 Å². The standard InChI is InChI=1S/C14H19N3/c1-17-9-5-4-7-13(17)11-16-14-8-3-2-6-12(14)10-15/h2-3,6,8,13,16H,4-5,7,9,11H2,1H3. The zero-order valence-electron chi connectivity index (χ0n) is 10.3. The monoisotopic (exact) mass is 229 g/mol. The fraction of sp³-hybridized carbons (Fsp3) is 0.500. The van der Waals surface area contributed by atoms with Crippen LogP contribution in [0, 0.1) is 11.3 Å². The van der Waals surface area contributed by atoms with Gasteiger partial charge in [-0.3, -0.25) is 0 Å². The third-order valence-corrected chi connectivity index (χ3v) is 3.50. The van der Waals surface area contributed by atoms with E-state index in [0.29, 0.717) is 6.04 Å². The number of hydrogen-bond donors (Lipinski definition) is 1. The van der Waals surface area contributed by atoms with Crippen molar-refractivity contribution in [2.45, 2.75) is 25.3 Å². The highest BCUT2D eigenvalue weighted by Crippen LogP contribution is 2.18. The number of rotatable bonds is 3. The Labute approximate surface area is 103 Å². The quantitative estimate of drug-likeness (QED) is 0.865. The van der Waals surface area contributed by atoms with Crippen molar-refractivity contribution in [1.29, 1.82) is 5.26 Å². The number of nitrogens with one attached hydrogen (secondary N) is 1. The van der Waals surface area contributed by atoms with E-state index in [9.17, 15) is 0 Å². The topological polar surface area (TPSA) is 39.1 Å². The zero-order valence-corrected chi connectivity index (χ0v) is 10.3. The number of piperidine rings is 1. The van der Waals surface area contributed by atoms with E-state index in [-0.39, 0.29) is 0 Å². The van der Waals surface area contributed by atoms with E-state index >= 15 is 0 Å². The third kappa shape index (κ3) is 2.98. The molecule has 3 heteroatoms. The summed E-state index contributed by atoms with van der Waals surface area (Å²) in [6.07, 6.45) is 3.87. The molecule has 0 aliphatic carbocycles. The van der Waals surface area contributed by atoms with Gasteiger partial charge in [-0.1, -0.05) is 18.6 Å². The molecule has 90 valence electrons. The van der Waals surface area contributed by atoms with E-state index in [1.165, 1.54) is 25.8 Å². The molecule has 0 saturated carbocycles. The number of likely N-dealkylation sites (N-methyl/N-ethyl adjacent to an activating group) is 1. The van der Waals surface area contributed by atoms with Crippen molar-refractivity contribution in [3.63, 3.8) is 0 Å². The Kier molecular flexibility index (Phi) is 4.00. The van der Waals surface area contributed by atoms with Crippen LogP contribution >= 0.6 is 0 Å². The summed E-state index contributed by atoms with van der Waals surface area (Å²) in [5.74, 6) is 0. The fourth-order valence-electron chi connectivity index (χ4n) is 2.36. The first kappa shape index (κ1) is 11.9. The van der Waals surface area contributed by atoms with Crippen LogP contribution in [0.3, 0.4) is 0 Å². The Hall–Kier alpha value is -1.53. The van der Waals surface area contributed by atoms with Crippen molar-refractivity contribution >= 4 is 5.69 Å². The van der Waals surface area contributed by atoms with E-state index in [1.807, 2.05) is 24.3 Å². The Morgan fingerprint density at radius 2 is 2.24 bits per heavy atom. The molecule has 0 aromatic heterocycles. The number of hydrogen-bond acceptors (Lipinski definition) is 3. The second-order valence-corrected chi connectivity index (χ2v) is 4.67. The van der Waals surface area contributed by atoms with Crippen molar-refractivity contribution < 1.29 is 0 Å². The molecule has 1 aromatic rings. The Balaban J connectivity index is 1.95. The molecule has 17 heavy (non-hydrogen) atoms. The number of likely N-dealkylation sites (tertiary alicyclic amines) is 1. The molecule has 1 aliphatic rings. The minimum atomic E-state index is 0.593. The summed E-state index contributed by atoms with van der Waals surface area (Å²) in [4.78, 5) is 2.41. The number of para-hydroxylation sites is 1. The average Bonchev–Trinajstić information content (AvgIpc) is 2.38. The van der Waals surface area contributed by atoms with Crippen LogP contribution in [0.5, 0.6) is 0 Å². The molecule has 1 atom stereocenters. The van der Waals surface area contributed by atoms with Gasteiger partial charge in [0.05, 0.1) is 11.3 Å². The summed E-state index contributed by atoms with van der Waals surface area (Å²) in [6, 6.07) is 10.5. The lowest BCUT2D eigenvalue weighted by atomic mass is 10.0. The van der Waals surface area contributed by atoms with Crippen LogP contribution in [0.1, 0.15) is 24.8 Å². The molecule has 1 aliphatic heterocycles. The molecule has 1 fully saturated rings. The van der Waals surface area contributed by atoms with Gasteiger partial charge in [-0.2, -0.15) is 5.26 Å². The molecule has 0 spiro atoms. The SMILES string of the molecule is CN1CCCCC1CNc1ccccc1C#N. The highest BCUT2D eigenvalue weighted by Gasteiger charge is 2.18. The Morgan fingerprint density at radius 3 is 3.00 bits per heavy atom. The summed E-state index contributed by atoms with van der Waals surface area (Å²) in [5, 5.41) is 12.4. The lowest BCUT2D eigenvalue weighted by Gasteiger charge is -2.32. The van der Waals surface area contributed by atoms with Crippen molar-refractivity contribution in [3.05, 3.63) is 29.8 Å². The van der Waals surface area contributed by atoms with Gasteiger partial charge in [0.1, 0.15) is 6.07 Å². The number of nitrogens with zero attached hydrogens (tertiary/aromatic N) is 2. The van der Waals surface area contributed by atoms with Gasteiger partial charge in [0.15, 0.2) is 0 Å². The smallest absolute Gasteiger partial charge is 0.101 e. The maximum atomic E-state index is 9.01. The molecule has 1 aromatic carbocycles. The molecular formula is C14H19N3. The number of nitriles is 1. The molecule has 3 nitrogen and oxygen atoms in total. The van der Waals surface area contributed by atoms with E-state index in [0.717, 1.165) is 17.8 Å². The first-order valence-electron chi connectivity index (χ1n) is 6.24. The summed E-state index contributed by atoms with van der Waals surface area (Å²) in [5.41, 5.74) is 1.68. The van der Waals surface area contributed by atoms with Gasteiger partial charge in [0.25, 0.3) is 0 Å². The lowest BCUT2D eigenvalue weighted by molar-refractivity contribution is 0.194. The minimum absolute atomic E-state index is 0.593.